The summed E-state index contributed by atoms with van der Waals surface area (Å²) in [6.07, 6.45) is 0. The Morgan fingerprint density at radius 3 is 2.83 bits per heavy atom. The van der Waals surface area contributed by atoms with E-state index in [9.17, 15) is 0 Å². The predicted molar refractivity (Wildman–Crippen MR) is 75.6 cm³/mol. The van der Waals surface area contributed by atoms with Gasteiger partial charge in [-0.3, -0.25) is 0 Å². The molecule has 0 aliphatic rings. The number of anilines is 1. The van der Waals surface area contributed by atoms with Crippen LogP contribution in [-0.2, 0) is 13.1 Å². The van der Waals surface area contributed by atoms with Crippen molar-refractivity contribution in [2.24, 2.45) is 0 Å². The van der Waals surface area contributed by atoms with E-state index in [1.165, 1.54) is 4.88 Å². The molecule has 2 aromatic rings. The van der Waals surface area contributed by atoms with Crippen molar-refractivity contribution in [1.29, 1.82) is 0 Å². The zero-order valence-electron chi connectivity index (χ0n) is 10.2. The minimum absolute atomic E-state index is 0.400. The summed E-state index contributed by atoms with van der Waals surface area (Å²) < 4.78 is 6.58. The number of rotatable bonds is 6. The van der Waals surface area contributed by atoms with Crippen LogP contribution in [0.3, 0.4) is 0 Å². The first-order valence-electron chi connectivity index (χ1n) is 5.67. The lowest BCUT2D eigenvalue weighted by atomic mass is 10.4. The molecular weight excluding hydrogens is 316 g/mol. The highest BCUT2D eigenvalue weighted by atomic mass is 79.9. The second kappa shape index (κ2) is 6.31. The SMILES string of the molecule is CC(C)NCc1nnc(NCc2ccc(Br)s2)o1. The molecule has 0 fully saturated rings. The maximum atomic E-state index is 5.46. The van der Waals surface area contributed by atoms with Gasteiger partial charge < -0.3 is 15.1 Å². The monoisotopic (exact) mass is 330 g/mol. The molecule has 2 N–H and O–H groups in total. The standard InChI is InChI=1S/C11H15BrN4OS/c1-7(2)13-6-10-15-16-11(17-10)14-5-8-3-4-9(12)18-8/h3-4,7,13H,5-6H2,1-2H3,(H,14,16). The summed E-state index contributed by atoms with van der Waals surface area (Å²) in [4.78, 5) is 1.21. The Labute approximate surface area is 118 Å². The van der Waals surface area contributed by atoms with Crippen LogP contribution in [0, 0.1) is 0 Å². The van der Waals surface area contributed by atoms with Gasteiger partial charge in [-0.15, -0.1) is 16.4 Å². The zero-order valence-corrected chi connectivity index (χ0v) is 12.6. The Balaban J connectivity index is 1.83. The lowest BCUT2D eigenvalue weighted by Gasteiger charge is -2.03. The molecule has 18 heavy (non-hydrogen) atoms. The highest BCUT2D eigenvalue weighted by Gasteiger charge is 2.06. The molecule has 0 spiro atoms. The largest absolute Gasteiger partial charge is 0.407 e. The second-order valence-electron chi connectivity index (χ2n) is 4.10. The van der Waals surface area contributed by atoms with E-state index in [0.29, 0.717) is 31.0 Å². The number of nitrogens with one attached hydrogen (secondary N) is 2. The number of nitrogens with zero attached hydrogens (tertiary/aromatic N) is 2. The van der Waals surface area contributed by atoms with Crippen molar-refractivity contribution in [2.75, 3.05) is 5.32 Å². The Kier molecular flexibility index (Phi) is 4.73. The molecule has 0 unspecified atom stereocenters. The van der Waals surface area contributed by atoms with Crippen molar-refractivity contribution in [3.05, 3.63) is 26.7 Å². The van der Waals surface area contributed by atoms with Crippen LogP contribution in [0.2, 0.25) is 0 Å². The number of aromatic nitrogens is 2. The van der Waals surface area contributed by atoms with Gasteiger partial charge in [0.15, 0.2) is 0 Å². The van der Waals surface area contributed by atoms with E-state index in [2.05, 4.69) is 56.7 Å². The molecule has 2 aromatic heterocycles. The molecule has 0 saturated carbocycles. The van der Waals surface area contributed by atoms with Crippen molar-refractivity contribution in [3.8, 4) is 0 Å². The van der Waals surface area contributed by atoms with E-state index in [1.54, 1.807) is 11.3 Å². The van der Waals surface area contributed by atoms with Gasteiger partial charge in [0.05, 0.1) is 16.9 Å². The van der Waals surface area contributed by atoms with Gasteiger partial charge in [0.25, 0.3) is 0 Å². The Hall–Kier alpha value is -0.920. The number of hydrogen-bond acceptors (Lipinski definition) is 6. The number of thiophene rings is 1. The summed E-state index contributed by atoms with van der Waals surface area (Å²) in [5.41, 5.74) is 0. The maximum Gasteiger partial charge on any atom is 0.315 e. The summed E-state index contributed by atoms with van der Waals surface area (Å²) in [5.74, 6) is 0.596. The first kappa shape index (κ1) is 13.5. The first-order chi connectivity index (χ1) is 8.63. The molecule has 0 aromatic carbocycles. The van der Waals surface area contributed by atoms with Crippen molar-refractivity contribution >= 4 is 33.3 Å². The molecule has 0 radical (unpaired) electrons. The summed E-state index contributed by atoms with van der Waals surface area (Å²) >= 11 is 5.11. The van der Waals surface area contributed by atoms with Crippen LogP contribution in [0.1, 0.15) is 24.6 Å². The maximum absolute atomic E-state index is 5.46. The van der Waals surface area contributed by atoms with Gasteiger partial charge in [-0.25, -0.2) is 0 Å². The van der Waals surface area contributed by atoms with Crippen LogP contribution in [0.4, 0.5) is 6.01 Å². The molecule has 0 saturated heterocycles. The van der Waals surface area contributed by atoms with Crippen molar-refractivity contribution in [2.45, 2.75) is 33.0 Å². The molecule has 2 rings (SSSR count). The van der Waals surface area contributed by atoms with Crippen LogP contribution in [0.25, 0.3) is 0 Å². The summed E-state index contributed by atoms with van der Waals surface area (Å²) in [7, 11) is 0. The molecule has 7 heteroatoms. The topological polar surface area (TPSA) is 63.0 Å². The molecule has 0 amide bonds. The van der Waals surface area contributed by atoms with E-state index >= 15 is 0 Å². The van der Waals surface area contributed by atoms with E-state index < -0.39 is 0 Å². The van der Waals surface area contributed by atoms with Crippen LogP contribution >= 0.6 is 27.3 Å². The van der Waals surface area contributed by atoms with Crippen LogP contribution < -0.4 is 10.6 Å². The third kappa shape index (κ3) is 4.08. The normalized spacial score (nSPS) is 11.1. The van der Waals surface area contributed by atoms with Gasteiger partial charge in [0.2, 0.25) is 5.89 Å². The number of hydrogen-bond donors (Lipinski definition) is 2. The van der Waals surface area contributed by atoms with Crippen molar-refractivity contribution in [1.82, 2.24) is 15.5 Å². The third-order valence-electron chi connectivity index (χ3n) is 2.17. The molecule has 98 valence electrons. The first-order valence-corrected chi connectivity index (χ1v) is 7.28. The Morgan fingerprint density at radius 2 is 2.17 bits per heavy atom. The fourth-order valence-corrected chi connectivity index (χ4v) is 2.72. The smallest absolute Gasteiger partial charge is 0.315 e. The lowest BCUT2D eigenvalue weighted by Crippen LogP contribution is -2.21. The van der Waals surface area contributed by atoms with E-state index in [0.717, 1.165) is 3.79 Å². The summed E-state index contributed by atoms with van der Waals surface area (Å²) in [5, 5.41) is 14.2. The van der Waals surface area contributed by atoms with Gasteiger partial charge in [-0.1, -0.05) is 18.9 Å². The lowest BCUT2D eigenvalue weighted by molar-refractivity contribution is 0.458. The van der Waals surface area contributed by atoms with Gasteiger partial charge >= 0.3 is 6.01 Å². The Morgan fingerprint density at radius 1 is 1.33 bits per heavy atom. The molecule has 0 bridgehead atoms. The summed E-state index contributed by atoms with van der Waals surface area (Å²) in [6.45, 7) is 5.43. The minimum Gasteiger partial charge on any atom is -0.407 e. The molecule has 0 aliphatic heterocycles. The van der Waals surface area contributed by atoms with Gasteiger partial charge in [0.1, 0.15) is 0 Å². The quantitative estimate of drug-likeness (QED) is 0.852. The van der Waals surface area contributed by atoms with Gasteiger partial charge in [0, 0.05) is 10.9 Å². The molecule has 5 nitrogen and oxygen atoms in total. The Bertz CT molecular complexity index is 497. The van der Waals surface area contributed by atoms with E-state index in [4.69, 9.17) is 4.42 Å². The molecule has 0 aliphatic carbocycles. The van der Waals surface area contributed by atoms with E-state index in [1.807, 2.05) is 6.07 Å². The second-order valence-corrected chi connectivity index (χ2v) is 6.64. The fourth-order valence-electron chi connectivity index (χ4n) is 1.30. The number of halogens is 1. The fraction of sp³-hybridized carbons (Fsp3) is 0.455. The third-order valence-corrected chi connectivity index (χ3v) is 3.79. The van der Waals surface area contributed by atoms with Crippen LogP contribution in [0.15, 0.2) is 20.3 Å². The molecular formula is C11H15BrN4OS. The van der Waals surface area contributed by atoms with Gasteiger partial charge in [-0.05, 0) is 28.1 Å². The average Bonchev–Trinajstić information content (AvgIpc) is 2.93. The minimum atomic E-state index is 0.400. The molecule has 0 atom stereocenters. The highest BCUT2D eigenvalue weighted by molar-refractivity contribution is 9.11. The highest BCUT2D eigenvalue weighted by Crippen LogP contribution is 2.22. The molecule has 2 heterocycles. The van der Waals surface area contributed by atoms with E-state index in [-0.39, 0.29) is 0 Å². The van der Waals surface area contributed by atoms with Crippen molar-refractivity contribution < 1.29 is 4.42 Å². The van der Waals surface area contributed by atoms with Gasteiger partial charge in [-0.2, -0.15) is 0 Å². The average molecular weight is 331 g/mol. The van der Waals surface area contributed by atoms with Crippen LogP contribution in [0.5, 0.6) is 0 Å². The predicted octanol–water partition coefficient (Wildman–Crippen LogP) is 3.00. The van der Waals surface area contributed by atoms with Crippen LogP contribution in [-0.4, -0.2) is 16.2 Å². The zero-order chi connectivity index (χ0) is 13.0. The van der Waals surface area contributed by atoms with Crippen molar-refractivity contribution in [3.63, 3.8) is 0 Å². The summed E-state index contributed by atoms with van der Waals surface area (Å²) in [6, 6.07) is 4.93.